The number of nitrogens with one attached hydrogen (secondary N) is 1. The molecule has 1 aliphatic heterocycles. The summed E-state index contributed by atoms with van der Waals surface area (Å²) in [5, 5.41) is 5.72. The molecular weight excluding hydrogens is 331 g/mol. The van der Waals surface area contributed by atoms with Gasteiger partial charge in [0, 0.05) is 34.9 Å². The van der Waals surface area contributed by atoms with Crippen LogP contribution in [0.15, 0.2) is 70.6 Å². The molecule has 126 valence electrons. The van der Waals surface area contributed by atoms with Crippen LogP contribution in [0, 0.1) is 5.82 Å². The lowest BCUT2D eigenvalue weighted by Gasteiger charge is -2.18. The third-order valence-corrected chi connectivity index (χ3v) is 5.49. The molecule has 0 atom stereocenters. The molecule has 0 saturated carbocycles. The third-order valence-electron chi connectivity index (χ3n) is 4.39. The lowest BCUT2D eigenvalue weighted by molar-refractivity contribution is 0.616. The minimum absolute atomic E-state index is 0.166. The van der Waals surface area contributed by atoms with E-state index < -0.39 is 0 Å². The highest BCUT2D eigenvalue weighted by atomic mass is 32.2. The smallest absolute Gasteiger partial charge is 0.128 e. The molecule has 0 saturated heterocycles. The number of benzene rings is 3. The van der Waals surface area contributed by atoms with Crippen molar-refractivity contribution >= 4 is 28.4 Å². The van der Waals surface area contributed by atoms with Crippen LogP contribution in [0.1, 0.15) is 17.5 Å². The normalized spacial score (nSPS) is 14.2. The molecule has 0 spiro atoms. The number of hydrogen-bond acceptors (Lipinski definition) is 3. The van der Waals surface area contributed by atoms with Crippen LogP contribution < -0.4 is 5.32 Å². The fourth-order valence-electron chi connectivity index (χ4n) is 3.11. The third kappa shape index (κ3) is 3.40. The van der Waals surface area contributed by atoms with Crippen molar-refractivity contribution in [3.8, 4) is 0 Å². The maximum atomic E-state index is 14.5. The van der Waals surface area contributed by atoms with Gasteiger partial charge < -0.3 is 5.32 Å². The fourth-order valence-corrected chi connectivity index (χ4v) is 4.22. The molecule has 0 aliphatic carbocycles. The predicted octanol–water partition coefficient (Wildman–Crippen LogP) is 5.01. The standard InChI is InChI=1S/C21H19FN2S/c22-19-10-4-9-17(21-23-12-5-13-24-21)18(19)14-25-20-11-3-7-15-6-1-2-8-16(15)20/h1-4,6-11H,5,12-14H2,(H,23,24). The van der Waals surface area contributed by atoms with Gasteiger partial charge in [0.15, 0.2) is 0 Å². The Labute approximate surface area is 151 Å². The summed E-state index contributed by atoms with van der Waals surface area (Å²) in [6, 6.07) is 19.8. The van der Waals surface area contributed by atoms with Gasteiger partial charge in [0.1, 0.15) is 11.7 Å². The van der Waals surface area contributed by atoms with E-state index in [2.05, 4.69) is 40.6 Å². The summed E-state index contributed by atoms with van der Waals surface area (Å²) in [7, 11) is 0. The van der Waals surface area contributed by atoms with Crippen molar-refractivity contribution in [1.82, 2.24) is 5.32 Å². The maximum absolute atomic E-state index is 14.5. The van der Waals surface area contributed by atoms with E-state index in [1.165, 1.54) is 21.7 Å². The van der Waals surface area contributed by atoms with Crippen LogP contribution >= 0.6 is 11.8 Å². The highest BCUT2D eigenvalue weighted by Gasteiger charge is 2.15. The molecule has 2 nitrogen and oxygen atoms in total. The summed E-state index contributed by atoms with van der Waals surface area (Å²) in [5.41, 5.74) is 1.60. The van der Waals surface area contributed by atoms with Crippen molar-refractivity contribution in [2.24, 2.45) is 4.99 Å². The van der Waals surface area contributed by atoms with Gasteiger partial charge in [-0.1, -0.05) is 48.5 Å². The summed E-state index contributed by atoms with van der Waals surface area (Å²) < 4.78 is 14.5. The van der Waals surface area contributed by atoms with Crippen LogP contribution in [-0.2, 0) is 5.75 Å². The van der Waals surface area contributed by atoms with E-state index in [9.17, 15) is 4.39 Å². The van der Waals surface area contributed by atoms with E-state index in [4.69, 9.17) is 0 Å². The van der Waals surface area contributed by atoms with Gasteiger partial charge in [-0.3, -0.25) is 4.99 Å². The fraction of sp³-hybridized carbons (Fsp3) is 0.190. The molecule has 4 rings (SSSR count). The molecule has 3 aromatic rings. The first-order valence-corrected chi connectivity index (χ1v) is 9.48. The van der Waals surface area contributed by atoms with Gasteiger partial charge in [-0.2, -0.15) is 0 Å². The molecule has 0 aromatic heterocycles. The molecule has 0 bridgehead atoms. The Morgan fingerprint density at radius 3 is 2.72 bits per heavy atom. The first-order chi connectivity index (χ1) is 12.3. The Kier molecular flexibility index (Phi) is 4.70. The Morgan fingerprint density at radius 2 is 1.84 bits per heavy atom. The first-order valence-electron chi connectivity index (χ1n) is 8.49. The van der Waals surface area contributed by atoms with E-state index in [0.29, 0.717) is 11.3 Å². The lowest BCUT2D eigenvalue weighted by Crippen LogP contribution is -2.31. The van der Waals surface area contributed by atoms with Crippen molar-refractivity contribution in [2.75, 3.05) is 13.1 Å². The number of rotatable bonds is 4. The largest absolute Gasteiger partial charge is 0.370 e. The van der Waals surface area contributed by atoms with E-state index in [1.807, 2.05) is 18.2 Å². The summed E-state index contributed by atoms with van der Waals surface area (Å²) in [6.07, 6.45) is 1.03. The van der Waals surface area contributed by atoms with Crippen molar-refractivity contribution < 1.29 is 4.39 Å². The van der Waals surface area contributed by atoms with Gasteiger partial charge in [0.05, 0.1) is 0 Å². The van der Waals surface area contributed by atoms with Crippen molar-refractivity contribution in [3.63, 3.8) is 0 Å². The first kappa shape index (κ1) is 16.2. The van der Waals surface area contributed by atoms with Gasteiger partial charge in [-0.05, 0) is 29.3 Å². The molecule has 0 fully saturated rings. The minimum Gasteiger partial charge on any atom is -0.370 e. The predicted molar refractivity (Wildman–Crippen MR) is 104 cm³/mol. The van der Waals surface area contributed by atoms with Crippen LogP contribution in [-0.4, -0.2) is 18.9 Å². The quantitative estimate of drug-likeness (QED) is 0.669. The highest BCUT2D eigenvalue weighted by molar-refractivity contribution is 7.98. The molecule has 3 aromatic carbocycles. The summed E-state index contributed by atoms with van der Waals surface area (Å²) in [5.74, 6) is 1.23. The second kappa shape index (κ2) is 7.28. The number of fused-ring (bicyclic) bond motifs is 1. The molecule has 25 heavy (non-hydrogen) atoms. The molecule has 0 amide bonds. The Hall–Kier alpha value is -2.33. The van der Waals surface area contributed by atoms with E-state index >= 15 is 0 Å². The average molecular weight is 350 g/mol. The molecule has 1 heterocycles. The average Bonchev–Trinajstić information content (AvgIpc) is 2.67. The minimum atomic E-state index is -0.166. The zero-order valence-electron chi connectivity index (χ0n) is 13.8. The maximum Gasteiger partial charge on any atom is 0.128 e. The van der Waals surface area contributed by atoms with Crippen molar-refractivity contribution in [3.05, 3.63) is 77.6 Å². The summed E-state index contributed by atoms with van der Waals surface area (Å²) >= 11 is 1.67. The summed E-state index contributed by atoms with van der Waals surface area (Å²) in [6.45, 7) is 1.69. The molecule has 4 heteroatoms. The number of hydrogen-bond donors (Lipinski definition) is 1. The number of aliphatic imine (C=N–C) groups is 1. The topological polar surface area (TPSA) is 24.4 Å². The summed E-state index contributed by atoms with van der Waals surface area (Å²) in [4.78, 5) is 5.71. The van der Waals surface area contributed by atoms with Crippen LogP contribution in [0.5, 0.6) is 0 Å². The van der Waals surface area contributed by atoms with E-state index in [-0.39, 0.29) is 5.82 Å². The van der Waals surface area contributed by atoms with Gasteiger partial charge in [0.25, 0.3) is 0 Å². The SMILES string of the molecule is Fc1cccc(C2=NCCCN2)c1CSc1cccc2ccccc12. The Morgan fingerprint density at radius 1 is 1.00 bits per heavy atom. The Balaban J connectivity index is 1.66. The number of halogens is 1. The molecule has 1 aliphatic rings. The van der Waals surface area contributed by atoms with Crippen molar-refractivity contribution in [1.29, 1.82) is 0 Å². The molecular formula is C21H19FN2S. The van der Waals surface area contributed by atoms with Gasteiger partial charge >= 0.3 is 0 Å². The van der Waals surface area contributed by atoms with Gasteiger partial charge in [-0.15, -0.1) is 11.8 Å². The van der Waals surface area contributed by atoms with Gasteiger partial charge in [-0.25, -0.2) is 4.39 Å². The van der Waals surface area contributed by atoms with Gasteiger partial charge in [0.2, 0.25) is 0 Å². The second-order valence-corrected chi connectivity index (χ2v) is 7.06. The van der Waals surface area contributed by atoms with Crippen molar-refractivity contribution in [2.45, 2.75) is 17.1 Å². The van der Waals surface area contributed by atoms with Crippen LogP contribution in [0.25, 0.3) is 10.8 Å². The van der Waals surface area contributed by atoms with Crippen LogP contribution in [0.2, 0.25) is 0 Å². The number of nitrogens with zero attached hydrogens (tertiary/aromatic N) is 1. The molecule has 1 N–H and O–H groups in total. The lowest BCUT2D eigenvalue weighted by atomic mass is 10.1. The van der Waals surface area contributed by atoms with Crippen LogP contribution in [0.3, 0.4) is 0 Å². The molecule has 0 unspecified atom stereocenters. The van der Waals surface area contributed by atoms with Crippen LogP contribution in [0.4, 0.5) is 4.39 Å². The number of thioether (sulfide) groups is 1. The monoisotopic (exact) mass is 350 g/mol. The Bertz CT molecular complexity index is 931. The van der Waals surface area contributed by atoms with E-state index in [1.54, 1.807) is 17.8 Å². The molecule has 0 radical (unpaired) electrons. The highest BCUT2D eigenvalue weighted by Crippen LogP contribution is 2.32. The van der Waals surface area contributed by atoms with E-state index in [0.717, 1.165) is 30.9 Å². The second-order valence-electron chi connectivity index (χ2n) is 6.04. The number of amidine groups is 1. The zero-order valence-corrected chi connectivity index (χ0v) is 14.7. The zero-order chi connectivity index (χ0) is 17.1.